The van der Waals surface area contributed by atoms with Gasteiger partial charge in [0.05, 0.1) is 0 Å². The summed E-state index contributed by atoms with van der Waals surface area (Å²) in [5, 5.41) is 13.6. The van der Waals surface area contributed by atoms with Crippen LogP contribution >= 0.6 is 0 Å². The number of carboxylic acid groups (broad SMARTS) is 1. The molecule has 1 aliphatic rings. The van der Waals surface area contributed by atoms with E-state index in [1.54, 1.807) is 0 Å². The number of aromatic amines is 1. The van der Waals surface area contributed by atoms with E-state index in [4.69, 9.17) is 9.90 Å². The van der Waals surface area contributed by atoms with Gasteiger partial charge in [0.15, 0.2) is 0 Å². The lowest BCUT2D eigenvalue weighted by Crippen LogP contribution is -2.44. The van der Waals surface area contributed by atoms with E-state index in [2.05, 4.69) is 44.6 Å². The zero-order valence-electron chi connectivity index (χ0n) is 14.8. The third-order valence-electron chi connectivity index (χ3n) is 4.10. The number of carbonyl (C=O) groups excluding carboxylic acids is 1. The summed E-state index contributed by atoms with van der Waals surface area (Å²) < 4.78 is 1.11. The number of aryl methyl sites for hydroxylation is 1. The fourth-order valence-electron chi connectivity index (χ4n) is 2.94. The summed E-state index contributed by atoms with van der Waals surface area (Å²) in [5.41, 5.74) is 2.37. The highest BCUT2D eigenvalue weighted by Crippen LogP contribution is 2.18. The minimum absolute atomic E-state index is 0.0294. The van der Waals surface area contributed by atoms with Crippen LogP contribution in [0.15, 0.2) is 29.1 Å². The molecule has 0 fully saturated rings. The topological polar surface area (TPSA) is 120 Å². The molecule has 0 saturated heterocycles. The van der Waals surface area contributed by atoms with Crippen LogP contribution < -0.4 is 11.0 Å². The first kappa shape index (κ1) is 19.4. The second-order valence-corrected chi connectivity index (χ2v) is 6.14. The van der Waals surface area contributed by atoms with Gasteiger partial charge >= 0.3 is 5.69 Å². The summed E-state index contributed by atoms with van der Waals surface area (Å²) in [4.78, 5) is 36.5. The maximum Gasteiger partial charge on any atom is 0.343 e. The van der Waals surface area contributed by atoms with Crippen molar-refractivity contribution in [2.75, 3.05) is 13.1 Å². The maximum absolute atomic E-state index is 12.1. The number of hydrogen-bond donors (Lipinski definition) is 3. The van der Waals surface area contributed by atoms with Crippen LogP contribution in [0.3, 0.4) is 0 Å². The van der Waals surface area contributed by atoms with E-state index in [0.717, 1.165) is 30.7 Å². The summed E-state index contributed by atoms with van der Waals surface area (Å²) in [6.45, 7) is 4.35. The van der Waals surface area contributed by atoms with Crippen LogP contribution in [0.25, 0.3) is 0 Å². The first-order valence-corrected chi connectivity index (χ1v) is 8.25. The summed E-state index contributed by atoms with van der Waals surface area (Å²) in [5.74, 6) is -0.305. The quantitative estimate of drug-likeness (QED) is 0.659. The van der Waals surface area contributed by atoms with Crippen LogP contribution in [0, 0.1) is 0 Å². The molecule has 1 aromatic carbocycles. The van der Waals surface area contributed by atoms with Crippen molar-refractivity contribution >= 4 is 12.4 Å². The van der Waals surface area contributed by atoms with Crippen LogP contribution in [0.1, 0.15) is 28.7 Å². The number of fused-ring (bicyclic) bond motifs is 1. The largest absolute Gasteiger partial charge is 0.483 e. The molecule has 26 heavy (non-hydrogen) atoms. The molecule has 140 valence electrons. The Morgan fingerprint density at radius 1 is 1.42 bits per heavy atom. The Morgan fingerprint density at radius 3 is 2.69 bits per heavy atom. The van der Waals surface area contributed by atoms with E-state index in [-0.39, 0.29) is 24.2 Å². The predicted molar refractivity (Wildman–Crippen MR) is 94.9 cm³/mol. The molecule has 0 saturated carbocycles. The molecule has 0 aliphatic carbocycles. The van der Waals surface area contributed by atoms with E-state index < -0.39 is 5.69 Å². The molecule has 1 atom stereocenters. The van der Waals surface area contributed by atoms with Crippen LogP contribution in [-0.4, -0.2) is 56.3 Å². The number of H-pyrrole nitrogens is 1. The lowest BCUT2D eigenvalue weighted by atomic mass is 10.00. The van der Waals surface area contributed by atoms with Gasteiger partial charge < -0.3 is 10.4 Å². The number of aromatic nitrogens is 3. The SMILES string of the molecule is CC(CN1CCc2ccccc2C1)NC(=O)c1nn(C)c(=O)[nH]1.O=CO. The first-order chi connectivity index (χ1) is 12.4. The lowest BCUT2D eigenvalue weighted by Gasteiger charge is -2.30. The van der Waals surface area contributed by atoms with Gasteiger partial charge in [0.1, 0.15) is 0 Å². The number of hydrogen-bond acceptors (Lipinski definition) is 5. The molecule has 3 N–H and O–H groups in total. The second-order valence-electron chi connectivity index (χ2n) is 6.14. The Kier molecular flexibility index (Phi) is 6.67. The van der Waals surface area contributed by atoms with Crippen molar-refractivity contribution < 1.29 is 14.7 Å². The first-order valence-electron chi connectivity index (χ1n) is 8.25. The van der Waals surface area contributed by atoms with Crippen molar-refractivity contribution in [3.8, 4) is 0 Å². The number of rotatable bonds is 4. The average Bonchev–Trinajstić information content (AvgIpc) is 2.94. The van der Waals surface area contributed by atoms with Gasteiger partial charge in [0.25, 0.3) is 12.4 Å². The summed E-state index contributed by atoms with van der Waals surface area (Å²) >= 11 is 0. The smallest absolute Gasteiger partial charge is 0.343 e. The minimum atomic E-state index is -0.393. The summed E-state index contributed by atoms with van der Waals surface area (Å²) in [7, 11) is 1.50. The lowest BCUT2D eigenvalue weighted by molar-refractivity contribution is -0.122. The highest BCUT2D eigenvalue weighted by molar-refractivity contribution is 5.90. The van der Waals surface area contributed by atoms with Crippen molar-refractivity contribution in [2.45, 2.75) is 25.9 Å². The zero-order valence-corrected chi connectivity index (χ0v) is 14.8. The third kappa shape index (κ3) is 5.03. The Labute approximate surface area is 150 Å². The van der Waals surface area contributed by atoms with Gasteiger partial charge in [0, 0.05) is 32.7 Å². The molecule has 3 rings (SSSR count). The Morgan fingerprint density at radius 2 is 2.08 bits per heavy atom. The maximum atomic E-state index is 12.1. The van der Waals surface area contributed by atoms with Gasteiger partial charge in [-0.15, -0.1) is 5.10 Å². The second kappa shape index (κ2) is 8.95. The fraction of sp³-hybridized carbons (Fsp3) is 0.412. The van der Waals surface area contributed by atoms with E-state index in [1.807, 2.05) is 6.92 Å². The molecule has 1 amide bonds. The van der Waals surface area contributed by atoms with E-state index in [0.29, 0.717) is 0 Å². The van der Waals surface area contributed by atoms with Crippen molar-refractivity contribution in [3.05, 3.63) is 51.7 Å². The molecule has 1 aromatic heterocycles. The molecule has 1 unspecified atom stereocenters. The fourth-order valence-corrected chi connectivity index (χ4v) is 2.94. The van der Waals surface area contributed by atoms with E-state index in [9.17, 15) is 9.59 Å². The molecule has 9 nitrogen and oxygen atoms in total. The monoisotopic (exact) mass is 361 g/mol. The third-order valence-corrected chi connectivity index (χ3v) is 4.10. The Bertz CT molecular complexity index is 813. The van der Waals surface area contributed by atoms with Crippen LogP contribution in [-0.2, 0) is 24.8 Å². The molecule has 0 bridgehead atoms. The number of nitrogens with zero attached hydrogens (tertiary/aromatic N) is 3. The van der Waals surface area contributed by atoms with Crippen LogP contribution in [0.4, 0.5) is 0 Å². The van der Waals surface area contributed by atoms with E-state index in [1.165, 1.54) is 18.2 Å². The normalized spacial score (nSPS) is 14.5. The Balaban J connectivity index is 0.000000758. The molecule has 1 aliphatic heterocycles. The van der Waals surface area contributed by atoms with Crippen molar-refractivity contribution in [3.63, 3.8) is 0 Å². The minimum Gasteiger partial charge on any atom is -0.483 e. The van der Waals surface area contributed by atoms with Crippen molar-refractivity contribution in [1.82, 2.24) is 25.0 Å². The molecule has 9 heteroatoms. The van der Waals surface area contributed by atoms with Gasteiger partial charge in [-0.25, -0.2) is 9.48 Å². The molecular formula is C17H23N5O4. The highest BCUT2D eigenvalue weighted by Gasteiger charge is 2.20. The highest BCUT2D eigenvalue weighted by atomic mass is 16.3. The standard InChI is InChI=1S/C16H21N5O2.CH2O2/c1-11(17-15(22)14-18-16(23)20(2)19-14)9-21-8-7-12-5-3-4-6-13(12)10-21;2-1-3/h3-6,11H,7-10H2,1-2H3,(H,17,22)(H,18,19,23);1H,(H,2,3). The number of carbonyl (C=O) groups is 2. The number of benzene rings is 1. The molecule has 2 heterocycles. The average molecular weight is 361 g/mol. The molecule has 0 radical (unpaired) electrons. The van der Waals surface area contributed by atoms with Crippen molar-refractivity contribution in [2.24, 2.45) is 7.05 Å². The van der Waals surface area contributed by atoms with Gasteiger partial charge in [-0.05, 0) is 24.5 Å². The number of nitrogens with one attached hydrogen (secondary N) is 2. The van der Waals surface area contributed by atoms with Crippen LogP contribution in [0.2, 0.25) is 0 Å². The van der Waals surface area contributed by atoms with Gasteiger partial charge in [-0.2, -0.15) is 0 Å². The summed E-state index contributed by atoms with van der Waals surface area (Å²) in [6, 6.07) is 8.44. The van der Waals surface area contributed by atoms with Gasteiger partial charge in [-0.3, -0.25) is 19.5 Å². The Hall–Kier alpha value is -2.94. The summed E-state index contributed by atoms with van der Waals surface area (Å²) in [6.07, 6.45) is 1.03. The number of amides is 1. The van der Waals surface area contributed by atoms with Gasteiger partial charge in [0.2, 0.25) is 5.82 Å². The van der Waals surface area contributed by atoms with Crippen LogP contribution in [0.5, 0.6) is 0 Å². The van der Waals surface area contributed by atoms with Crippen molar-refractivity contribution in [1.29, 1.82) is 0 Å². The molecule has 0 spiro atoms. The molecule has 2 aromatic rings. The zero-order chi connectivity index (χ0) is 19.1. The van der Waals surface area contributed by atoms with Gasteiger partial charge in [-0.1, -0.05) is 24.3 Å². The predicted octanol–water partition coefficient (Wildman–Crippen LogP) is -0.0142. The van der Waals surface area contributed by atoms with E-state index >= 15 is 0 Å². The molecular weight excluding hydrogens is 338 g/mol.